The number of nitrogens with one attached hydrogen (secondary N) is 1. The van der Waals surface area contributed by atoms with Gasteiger partial charge in [0.2, 0.25) is 0 Å². The summed E-state index contributed by atoms with van der Waals surface area (Å²) >= 11 is 0. The Morgan fingerprint density at radius 3 is 2.87 bits per heavy atom. The summed E-state index contributed by atoms with van der Waals surface area (Å²) in [5, 5.41) is 8.97. The predicted octanol–water partition coefficient (Wildman–Crippen LogP) is 0.518. The normalized spacial score (nSPS) is 17.6. The monoisotopic (exact) mass is 205 g/mol. The maximum atomic E-state index is 12.0. The van der Waals surface area contributed by atoms with Gasteiger partial charge in [-0.25, -0.2) is 0 Å². The molecule has 1 aromatic rings. The molecule has 0 bridgehead atoms. The van der Waals surface area contributed by atoms with Crippen LogP contribution in [0.1, 0.15) is 0 Å². The van der Waals surface area contributed by atoms with E-state index in [-0.39, 0.29) is 19.1 Å². The van der Waals surface area contributed by atoms with Crippen molar-refractivity contribution in [2.45, 2.75) is 0 Å². The molecule has 1 fully saturated rings. The minimum absolute atomic E-state index is 0.188. The Morgan fingerprint density at radius 1 is 1.73 bits per heavy atom. The highest BCUT2D eigenvalue weighted by atomic mass is 16.5. The molecular formula is C10H11N3O2. The van der Waals surface area contributed by atoms with Crippen LogP contribution in [0.3, 0.4) is 0 Å². The lowest BCUT2D eigenvalue weighted by atomic mass is 9.86. The number of anilines is 1. The first-order valence-corrected chi connectivity index (χ1v) is 4.60. The highest BCUT2D eigenvalue weighted by Gasteiger charge is 2.48. The third-order valence-corrected chi connectivity index (χ3v) is 2.57. The number of aromatic amines is 1. The molecule has 0 saturated carbocycles. The zero-order valence-corrected chi connectivity index (χ0v) is 8.36. The molecule has 1 aromatic heterocycles. The lowest BCUT2D eigenvalue weighted by Crippen LogP contribution is -2.53. The smallest absolute Gasteiger partial charge is 0.253 e. The Morgan fingerprint density at radius 2 is 2.47 bits per heavy atom. The molecule has 0 aliphatic carbocycles. The largest absolute Gasteiger partial charge is 0.377 e. The SMILES string of the molecule is CN(C(=O)C1(C#N)COC1)c1ccc[nH]1. The number of amides is 1. The van der Waals surface area contributed by atoms with E-state index in [4.69, 9.17) is 10.00 Å². The van der Waals surface area contributed by atoms with Gasteiger partial charge in [-0.2, -0.15) is 5.26 Å². The van der Waals surface area contributed by atoms with Gasteiger partial charge in [0.1, 0.15) is 5.82 Å². The van der Waals surface area contributed by atoms with E-state index in [1.54, 1.807) is 25.4 Å². The average molecular weight is 205 g/mol. The van der Waals surface area contributed by atoms with Crippen molar-refractivity contribution in [3.05, 3.63) is 18.3 Å². The topological polar surface area (TPSA) is 69.1 Å². The van der Waals surface area contributed by atoms with Crippen LogP contribution in [0, 0.1) is 16.7 Å². The van der Waals surface area contributed by atoms with Crippen molar-refractivity contribution in [2.75, 3.05) is 25.2 Å². The minimum Gasteiger partial charge on any atom is -0.377 e. The Kier molecular flexibility index (Phi) is 2.21. The van der Waals surface area contributed by atoms with Gasteiger partial charge in [0, 0.05) is 13.2 Å². The van der Waals surface area contributed by atoms with Crippen molar-refractivity contribution >= 4 is 11.7 Å². The molecule has 1 saturated heterocycles. The maximum Gasteiger partial charge on any atom is 0.253 e. The molecule has 78 valence electrons. The van der Waals surface area contributed by atoms with E-state index in [0.717, 1.165) is 0 Å². The number of carbonyl (C=O) groups excluding carboxylic acids is 1. The lowest BCUT2D eigenvalue weighted by molar-refractivity contribution is -0.146. The Hall–Kier alpha value is -1.80. The van der Waals surface area contributed by atoms with Crippen molar-refractivity contribution in [3.8, 4) is 6.07 Å². The van der Waals surface area contributed by atoms with Crippen LogP contribution >= 0.6 is 0 Å². The number of nitrogens with zero attached hydrogens (tertiary/aromatic N) is 2. The van der Waals surface area contributed by atoms with E-state index in [1.807, 2.05) is 6.07 Å². The summed E-state index contributed by atoms with van der Waals surface area (Å²) in [5.41, 5.74) is -0.986. The fourth-order valence-corrected chi connectivity index (χ4v) is 1.50. The third-order valence-electron chi connectivity index (χ3n) is 2.57. The molecule has 0 atom stereocenters. The van der Waals surface area contributed by atoms with Gasteiger partial charge < -0.3 is 9.72 Å². The summed E-state index contributed by atoms with van der Waals surface area (Å²) in [6, 6.07) is 5.61. The van der Waals surface area contributed by atoms with Crippen molar-refractivity contribution in [2.24, 2.45) is 5.41 Å². The number of hydrogen-bond donors (Lipinski definition) is 1. The molecule has 1 aliphatic rings. The summed E-state index contributed by atoms with van der Waals surface area (Å²) in [7, 11) is 1.64. The molecule has 5 heteroatoms. The van der Waals surface area contributed by atoms with Gasteiger partial charge in [-0.1, -0.05) is 0 Å². The summed E-state index contributed by atoms with van der Waals surface area (Å²) in [4.78, 5) is 16.3. The summed E-state index contributed by atoms with van der Waals surface area (Å²) in [6.45, 7) is 0.376. The number of H-pyrrole nitrogens is 1. The van der Waals surface area contributed by atoms with Crippen LogP contribution in [-0.2, 0) is 9.53 Å². The summed E-state index contributed by atoms with van der Waals surface area (Å²) in [6.07, 6.45) is 1.73. The standard InChI is InChI=1S/C10H11N3O2/c1-13(8-3-2-4-12-8)9(14)10(5-11)6-15-7-10/h2-4,12H,6-7H2,1H3. The molecule has 0 spiro atoms. The zero-order chi connectivity index (χ0) is 10.9. The Labute approximate surface area is 87.3 Å². The second kappa shape index (κ2) is 3.41. The highest BCUT2D eigenvalue weighted by molar-refractivity contribution is 5.99. The van der Waals surface area contributed by atoms with Crippen molar-refractivity contribution in [3.63, 3.8) is 0 Å². The first-order valence-electron chi connectivity index (χ1n) is 4.60. The third kappa shape index (κ3) is 1.39. The number of nitriles is 1. The highest BCUT2D eigenvalue weighted by Crippen LogP contribution is 2.29. The maximum absolute atomic E-state index is 12.0. The molecule has 0 unspecified atom stereocenters. The van der Waals surface area contributed by atoms with Crippen LogP contribution in [-0.4, -0.2) is 31.2 Å². The van der Waals surface area contributed by atoms with Gasteiger partial charge in [0.25, 0.3) is 5.91 Å². The molecule has 1 amide bonds. The Bertz CT molecular complexity index is 401. The van der Waals surface area contributed by atoms with Gasteiger partial charge in [0.15, 0.2) is 5.41 Å². The Balaban J connectivity index is 2.18. The number of ether oxygens (including phenoxy) is 1. The van der Waals surface area contributed by atoms with E-state index in [9.17, 15) is 4.79 Å². The quantitative estimate of drug-likeness (QED) is 0.765. The van der Waals surface area contributed by atoms with Gasteiger partial charge in [0.05, 0.1) is 19.3 Å². The van der Waals surface area contributed by atoms with Crippen LogP contribution in [0.4, 0.5) is 5.82 Å². The average Bonchev–Trinajstić information content (AvgIpc) is 2.68. The second-order valence-electron chi connectivity index (χ2n) is 3.61. The van der Waals surface area contributed by atoms with E-state index in [2.05, 4.69) is 4.98 Å². The van der Waals surface area contributed by atoms with E-state index in [0.29, 0.717) is 5.82 Å². The molecule has 0 radical (unpaired) electrons. The van der Waals surface area contributed by atoms with Crippen molar-refractivity contribution < 1.29 is 9.53 Å². The molecule has 15 heavy (non-hydrogen) atoms. The van der Waals surface area contributed by atoms with Crippen LogP contribution in [0.5, 0.6) is 0 Å². The molecule has 2 heterocycles. The van der Waals surface area contributed by atoms with Crippen LogP contribution in [0.2, 0.25) is 0 Å². The second-order valence-corrected chi connectivity index (χ2v) is 3.61. The molecule has 1 aliphatic heterocycles. The zero-order valence-electron chi connectivity index (χ0n) is 8.36. The van der Waals surface area contributed by atoms with Crippen LogP contribution in [0.15, 0.2) is 18.3 Å². The fraction of sp³-hybridized carbons (Fsp3) is 0.400. The van der Waals surface area contributed by atoms with Gasteiger partial charge in [-0.3, -0.25) is 9.69 Å². The number of hydrogen-bond acceptors (Lipinski definition) is 3. The minimum atomic E-state index is -0.986. The summed E-state index contributed by atoms with van der Waals surface area (Å²) in [5.74, 6) is 0.459. The lowest BCUT2D eigenvalue weighted by Gasteiger charge is -2.35. The van der Waals surface area contributed by atoms with E-state index in [1.165, 1.54) is 4.90 Å². The van der Waals surface area contributed by atoms with E-state index >= 15 is 0 Å². The molecule has 0 aromatic carbocycles. The van der Waals surface area contributed by atoms with E-state index < -0.39 is 5.41 Å². The molecule has 1 N–H and O–H groups in total. The molecule has 2 rings (SSSR count). The van der Waals surface area contributed by atoms with Gasteiger partial charge in [-0.05, 0) is 12.1 Å². The molecule has 5 nitrogen and oxygen atoms in total. The number of rotatable bonds is 2. The summed E-state index contributed by atoms with van der Waals surface area (Å²) < 4.78 is 4.94. The van der Waals surface area contributed by atoms with Crippen LogP contribution in [0.25, 0.3) is 0 Å². The van der Waals surface area contributed by atoms with Gasteiger partial charge in [-0.15, -0.1) is 0 Å². The van der Waals surface area contributed by atoms with Crippen molar-refractivity contribution in [1.82, 2.24) is 4.98 Å². The fourth-order valence-electron chi connectivity index (χ4n) is 1.50. The number of carbonyl (C=O) groups is 1. The first kappa shape index (κ1) is 9.74. The predicted molar refractivity (Wildman–Crippen MR) is 53.1 cm³/mol. The van der Waals surface area contributed by atoms with Gasteiger partial charge >= 0.3 is 0 Å². The first-order chi connectivity index (χ1) is 7.19. The number of aromatic nitrogens is 1. The van der Waals surface area contributed by atoms with Crippen molar-refractivity contribution in [1.29, 1.82) is 5.26 Å². The molecular weight excluding hydrogens is 194 g/mol. The van der Waals surface area contributed by atoms with Crippen LogP contribution < -0.4 is 4.90 Å².